The fourth-order valence-electron chi connectivity index (χ4n) is 2.41. The molecule has 18 heavy (non-hydrogen) atoms. The Morgan fingerprint density at radius 1 is 1.28 bits per heavy atom. The molecule has 1 nitrogen and oxygen atoms in total. The van der Waals surface area contributed by atoms with E-state index in [0.29, 0.717) is 17.9 Å². The third-order valence-electron chi connectivity index (χ3n) is 3.35. The molecule has 0 aliphatic heterocycles. The second-order valence-electron chi connectivity index (χ2n) is 4.91. The van der Waals surface area contributed by atoms with Crippen molar-refractivity contribution in [2.45, 2.75) is 44.6 Å². The monoisotopic (exact) mass is 268 g/mol. The van der Waals surface area contributed by atoms with Gasteiger partial charge in [0.2, 0.25) is 0 Å². The van der Waals surface area contributed by atoms with Crippen molar-refractivity contribution in [3.63, 3.8) is 0 Å². The van der Waals surface area contributed by atoms with Crippen molar-refractivity contribution >= 4 is 11.6 Å². The molecule has 1 atom stereocenters. The van der Waals surface area contributed by atoms with Crippen LogP contribution >= 0.6 is 11.6 Å². The zero-order valence-corrected chi connectivity index (χ0v) is 11.1. The van der Waals surface area contributed by atoms with Crippen molar-refractivity contribution in [2.75, 3.05) is 0 Å². The molecule has 3 heteroatoms. The summed E-state index contributed by atoms with van der Waals surface area (Å²) in [6.45, 7) is 0. The van der Waals surface area contributed by atoms with Gasteiger partial charge in [-0.2, -0.15) is 0 Å². The fraction of sp³-hybridized carbons (Fsp3) is 0.467. The summed E-state index contributed by atoms with van der Waals surface area (Å²) in [4.78, 5) is 0. The number of aliphatic hydroxyl groups is 1. The molecule has 2 rings (SSSR count). The van der Waals surface area contributed by atoms with Crippen LogP contribution < -0.4 is 0 Å². The Bertz CT molecular complexity index is 442. The Labute approximate surface area is 112 Å². The number of allylic oxidation sites excluding steroid dienone is 1. The molecule has 0 spiro atoms. The Hall–Kier alpha value is -0.860. The molecule has 0 heterocycles. The molecule has 0 radical (unpaired) electrons. The minimum atomic E-state index is -0.433. The van der Waals surface area contributed by atoms with Gasteiger partial charge in [-0.1, -0.05) is 29.3 Å². The zero-order valence-electron chi connectivity index (χ0n) is 10.3. The molecule has 0 fully saturated rings. The van der Waals surface area contributed by atoms with Crippen LogP contribution in [0.5, 0.6) is 0 Å². The summed E-state index contributed by atoms with van der Waals surface area (Å²) in [7, 11) is 0. The topological polar surface area (TPSA) is 20.2 Å². The van der Waals surface area contributed by atoms with Gasteiger partial charge in [-0.25, -0.2) is 4.39 Å². The maximum Gasteiger partial charge on any atom is 0.124 e. The molecule has 1 aliphatic carbocycles. The van der Waals surface area contributed by atoms with Gasteiger partial charge in [-0.3, -0.25) is 0 Å². The lowest BCUT2D eigenvalue weighted by molar-refractivity contribution is 0.173. The Morgan fingerprint density at radius 3 is 2.78 bits per heavy atom. The van der Waals surface area contributed by atoms with Gasteiger partial charge in [0, 0.05) is 11.4 Å². The van der Waals surface area contributed by atoms with Crippen LogP contribution in [0.3, 0.4) is 0 Å². The van der Waals surface area contributed by atoms with Crippen LogP contribution in [-0.2, 0) is 6.42 Å². The lowest BCUT2D eigenvalue weighted by Gasteiger charge is -2.17. The largest absolute Gasteiger partial charge is 0.392 e. The second-order valence-corrected chi connectivity index (χ2v) is 5.31. The van der Waals surface area contributed by atoms with Crippen molar-refractivity contribution < 1.29 is 9.50 Å². The van der Waals surface area contributed by atoms with E-state index in [2.05, 4.69) is 6.08 Å². The highest BCUT2D eigenvalue weighted by Crippen LogP contribution is 2.24. The first kappa shape index (κ1) is 13.6. The molecule has 98 valence electrons. The van der Waals surface area contributed by atoms with Crippen LogP contribution in [0, 0.1) is 5.82 Å². The molecule has 1 unspecified atom stereocenters. The van der Waals surface area contributed by atoms with E-state index in [4.69, 9.17) is 11.6 Å². The van der Waals surface area contributed by atoms with Gasteiger partial charge in [0.25, 0.3) is 0 Å². The number of hydrogen-bond donors (Lipinski definition) is 1. The maximum atomic E-state index is 12.9. The van der Waals surface area contributed by atoms with Crippen LogP contribution in [0.1, 0.15) is 37.7 Å². The van der Waals surface area contributed by atoms with Crippen LogP contribution in [-0.4, -0.2) is 11.2 Å². The van der Waals surface area contributed by atoms with Crippen LogP contribution in [0.4, 0.5) is 4.39 Å². The molecular formula is C15H18ClFO. The predicted molar refractivity (Wildman–Crippen MR) is 72.3 cm³/mol. The summed E-state index contributed by atoms with van der Waals surface area (Å²) in [5, 5.41) is 10.5. The highest BCUT2D eigenvalue weighted by atomic mass is 35.5. The number of aliphatic hydroxyl groups excluding tert-OH is 1. The van der Waals surface area contributed by atoms with Gasteiger partial charge < -0.3 is 5.11 Å². The van der Waals surface area contributed by atoms with Gasteiger partial charge in [-0.15, -0.1) is 0 Å². The molecule has 1 N–H and O–H groups in total. The second kappa shape index (κ2) is 6.35. The lowest BCUT2D eigenvalue weighted by atomic mass is 9.93. The fourth-order valence-corrected chi connectivity index (χ4v) is 2.65. The van der Waals surface area contributed by atoms with Crippen molar-refractivity contribution in [3.8, 4) is 0 Å². The van der Waals surface area contributed by atoms with Gasteiger partial charge in [0.1, 0.15) is 5.82 Å². The van der Waals surface area contributed by atoms with E-state index < -0.39 is 6.10 Å². The Balaban J connectivity index is 1.94. The molecule has 1 aliphatic rings. The van der Waals surface area contributed by atoms with Crippen molar-refractivity contribution in [1.82, 2.24) is 0 Å². The summed E-state index contributed by atoms with van der Waals surface area (Å²) in [5.74, 6) is -0.340. The highest BCUT2D eigenvalue weighted by Gasteiger charge is 2.12. The standard InChI is InChI=1S/C15H18ClFO/c16-15-10-13(17)7-6-12(15)9-14(18)8-11-4-2-1-3-5-11/h4,6-7,10,14,18H,1-3,5,8-9H2. The van der Waals surface area contributed by atoms with Crippen LogP contribution in [0.2, 0.25) is 5.02 Å². The van der Waals surface area contributed by atoms with Crippen LogP contribution in [0.25, 0.3) is 0 Å². The smallest absolute Gasteiger partial charge is 0.124 e. The quantitative estimate of drug-likeness (QED) is 0.809. The molecule has 0 saturated carbocycles. The van der Waals surface area contributed by atoms with E-state index in [1.807, 2.05) is 0 Å². The normalized spacial score (nSPS) is 17.4. The summed E-state index contributed by atoms with van der Waals surface area (Å²) >= 11 is 5.95. The zero-order chi connectivity index (χ0) is 13.0. The van der Waals surface area contributed by atoms with E-state index >= 15 is 0 Å². The molecule has 1 aromatic carbocycles. The Morgan fingerprint density at radius 2 is 2.11 bits per heavy atom. The molecule has 1 aromatic rings. The maximum absolute atomic E-state index is 12.9. The molecule has 0 aromatic heterocycles. The number of rotatable bonds is 4. The number of benzene rings is 1. The van der Waals surface area contributed by atoms with Crippen LogP contribution in [0.15, 0.2) is 29.8 Å². The Kier molecular flexibility index (Phi) is 4.79. The third-order valence-corrected chi connectivity index (χ3v) is 3.71. The highest BCUT2D eigenvalue weighted by molar-refractivity contribution is 6.31. The first-order chi connectivity index (χ1) is 8.65. The summed E-state index contributed by atoms with van der Waals surface area (Å²) in [6, 6.07) is 4.33. The first-order valence-electron chi connectivity index (χ1n) is 6.45. The summed E-state index contributed by atoms with van der Waals surface area (Å²) in [5.41, 5.74) is 2.15. The molecule has 0 saturated heterocycles. The first-order valence-corrected chi connectivity index (χ1v) is 6.83. The van der Waals surface area contributed by atoms with E-state index in [-0.39, 0.29) is 5.82 Å². The van der Waals surface area contributed by atoms with Crippen molar-refractivity contribution in [1.29, 1.82) is 0 Å². The number of hydrogen-bond acceptors (Lipinski definition) is 1. The molecule has 0 bridgehead atoms. The van der Waals surface area contributed by atoms with Crippen molar-refractivity contribution in [3.05, 3.63) is 46.3 Å². The SMILES string of the molecule is OC(CC1=CCCCC1)Cc1ccc(F)cc1Cl. The third kappa shape index (κ3) is 3.82. The van der Waals surface area contributed by atoms with E-state index in [1.165, 1.54) is 30.5 Å². The van der Waals surface area contributed by atoms with Gasteiger partial charge >= 0.3 is 0 Å². The predicted octanol–water partition coefficient (Wildman–Crippen LogP) is 4.27. The van der Waals surface area contributed by atoms with Crippen molar-refractivity contribution in [2.24, 2.45) is 0 Å². The summed E-state index contributed by atoms with van der Waals surface area (Å²) < 4.78 is 12.9. The molecule has 0 amide bonds. The average molecular weight is 269 g/mol. The number of halogens is 2. The average Bonchev–Trinajstić information content (AvgIpc) is 2.34. The van der Waals surface area contributed by atoms with Gasteiger partial charge in [0.15, 0.2) is 0 Å². The van der Waals surface area contributed by atoms with E-state index in [9.17, 15) is 9.50 Å². The van der Waals surface area contributed by atoms with Gasteiger partial charge in [0.05, 0.1) is 6.10 Å². The lowest BCUT2D eigenvalue weighted by Crippen LogP contribution is -2.12. The van der Waals surface area contributed by atoms with E-state index in [0.717, 1.165) is 18.4 Å². The summed E-state index contributed by atoms with van der Waals surface area (Å²) in [6.07, 6.45) is 7.67. The van der Waals surface area contributed by atoms with E-state index in [1.54, 1.807) is 6.07 Å². The molecular weight excluding hydrogens is 251 g/mol. The minimum Gasteiger partial charge on any atom is -0.392 e. The minimum absolute atomic E-state index is 0.340. The van der Waals surface area contributed by atoms with Gasteiger partial charge in [-0.05, 0) is 49.8 Å².